The highest BCUT2D eigenvalue weighted by Crippen LogP contribution is 2.32. The number of sulfonamides is 1. The number of aliphatic hydroxyl groups is 1. The van der Waals surface area contributed by atoms with E-state index in [9.17, 15) is 31.5 Å². The van der Waals surface area contributed by atoms with Crippen LogP contribution in [0.3, 0.4) is 0 Å². The summed E-state index contributed by atoms with van der Waals surface area (Å²) in [4.78, 5) is 12.5. The molecule has 3 rings (SSSR count). The number of alkyl halides is 3. The predicted octanol–water partition coefficient (Wildman–Crippen LogP) is 5.08. The Morgan fingerprint density at radius 1 is 1.16 bits per heavy atom. The molecule has 0 fully saturated rings. The lowest BCUT2D eigenvalue weighted by Crippen LogP contribution is -2.28. The Balaban J connectivity index is 1.77. The van der Waals surface area contributed by atoms with E-state index in [0.29, 0.717) is 12.3 Å². The summed E-state index contributed by atoms with van der Waals surface area (Å²) in [6.45, 7) is 1.44. The van der Waals surface area contributed by atoms with Gasteiger partial charge in [0.25, 0.3) is 10.0 Å². The third-order valence-electron chi connectivity index (χ3n) is 5.71. The first-order valence-electron chi connectivity index (χ1n) is 11.7. The molecule has 12 heteroatoms. The Morgan fingerprint density at radius 3 is 2.59 bits per heavy atom. The molecule has 1 aliphatic rings. The molecule has 0 radical (unpaired) electrons. The monoisotopic (exact) mass is 542 g/mol. The molecule has 0 spiro atoms. The van der Waals surface area contributed by atoms with E-state index in [1.165, 1.54) is 30.3 Å². The van der Waals surface area contributed by atoms with E-state index >= 15 is 0 Å². The van der Waals surface area contributed by atoms with Crippen LogP contribution in [-0.2, 0) is 14.8 Å². The van der Waals surface area contributed by atoms with E-state index in [1.54, 1.807) is 6.92 Å². The standard InChI is InChI=1S/C25H29F3N2O6S/c1-2-35-22-15-19(29-24(32)18(16-31)13-17-7-4-3-5-8-17)11-12-23(22)37(33,34)30-20-9-6-10-21(14-20)36-25(26,27)28/h3-4,6,9-12,14-15,17-18,30-31H,2,5,7-8,13,16H2,1H3,(H,29,32). The number of halogens is 3. The summed E-state index contributed by atoms with van der Waals surface area (Å²) in [5.74, 6) is -1.37. The van der Waals surface area contributed by atoms with Gasteiger partial charge in [0.1, 0.15) is 16.4 Å². The molecule has 1 amide bonds. The van der Waals surface area contributed by atoms with E-state index in [-0.39, 0.29) is 35.2 Å². The van der Waals surface area contributed by atoms with Crippen molar-refractivity contribution in [3.63, 3.8) is 0 Å². The summed E-state index contributed by atoms with van der Waals surface area (Å²) < 4.78 is 75.1. The van der Waals surface area contributed by atoms with Crippen LogP contribution < -0.4 is 19.5 Å². The van der Waals surface area contributed by atoms with Crippen LogP contribution in [0.5, 0.6) is 11.5 Å². The van der Waals surface area contributed by atoms with Gasteiger partial charge in [0.05, 0.1) is 24.8 Å². The van der Waals surface area contributed by atoms with Crippen molar-refractivity contribution in [1.82, 2.24) is 0 Å². The summed E-state index contributed by atoms with van der Waals surface area (Å²) in [5.41, 5.74) is 0.125. The Hall–Kier alpha value is -3.25. The van der Waals surface area contributed by atoms with Crippen LogP contribution in [0.25, 0.3) is 0 Å². The molecule has 0 bridgehead atoms. The maximum absolute atomic E-state index is 13.0. The third kappa shape index (κ3) is 8.39. The summed E-state index contributed by atoms with van der Waals surface area (Å²) >= 11 is 0. The van der Waals surface area contributed by atoms with Crippen molar-refractivity contribution >= 4 is 27.3 Å². The number of hydrogen-bond acceptors (Lipinski definition) is 6. The molecule has 202 valence electrons. The van der Waals surface area contributed by atoms with E-state index in [4.69, 9.17) is 4.74 Å². The van der Waals surface area contributed by atoms with E-state index in [0.717, 1.165) is 31.4 Å². The number of carbonyl (C=O) groups is 1. The fraction of sp³-hybridized carbons (Fsp3) is 0.400. The first kappa shape index (κ1) is 28.3. The number of allylic oxidation sites excluding steroid dienone is 2. The summed E-state index contributed by atoms with van der Waals surface area (Å²) in [5, 5.41) is 12.5. The quantitative estimate of drug-likeness (QED) is 0.342. The van der Waals surface area contributed by atoms with Crippen molar-refractivity contribution in [1.29, 1.82) is 0 Å². The normalized spacial score (nSPS) is 16.6. The number of benzene rings is 2. The number of aliphatic hydroxyl groups excluding tert-OH is 1. The maximum atomic E-state index is 13.0. The van der Waals surface area contributed by atoms with E-state index in [2.05, 4.69) is 26.9 Å². The number of rotatable bonds is 11. The maximum Gasteiger partial charge on any atom is 0.573 e. The molecule has 0 saturated heterocycles. The molecule has 3 N–H and O–H groups in total. The zero-order valence-electron chi connectivity index (χ0n) is 20.1. The lowest BCUT2D eigenvalue weighted by molar-refractivity contribution is -0.274. The van der Waals surface area contributed by atoms with Crippen molar-refractivity contribution < 1.29 is 41.0 Å². The SMILES string of the molecule is CCOc1cc(NC(=O)C(CO)CC2CC=CCC2)ccc1S(=O)(=O)Nc1cccc(OC(F)(F)F)c1. The van der Waals surface area contributed by atoms with Crippen molar-refractivity contribution in [2.75, 3.05) is 23.3 Å². The zero-order valence-corrected chi connectivity index (χ0v) is 20.9. The van der Waals surface area contributed by atoms with Gasteiger partial charge in [0.15, 0.2) is 0 Å². The van der Waals surface area contributed by atoms with Gasteiger partial charge in [-0.15, -0.1) is 13.2 Å². The van der Waals surface area contributed by atoms with Crippen molar-refractivity contribution in [2.24, 2.45) is 11.8 Å². The van der Waals surface area contributed by atoms with Crippen LogP contribution in [0.15, 0.2) is 59.5 Å². The Bertz CT molecular complexity index is 1220. The van der Waals surface area contributed by atoms with Gasteiger partial charge < -0.3 is 19.9 Å². The van der Waals surface area contributed by atoms with Gasteiger partial charge in [-0.1, -0.05) is 18.2 Å². The highest BCUT2D eigenvalue weighted by atomic mass is 32.2. The number of nitrogens with one attached hydrogen (secondary N) is 2. The first-order chi connectivity index (χ1) is 17.5. The molecule has 2 aromatic rings. The average molecular weight is 543 g/mol. The first-order valence-corrected chi connectivity index (χ1v) is 13.2. The second-order valence-electron chi connectivity index (χ2n) is 8.53. The smallest absolute Gasteiger partial charge is 0.492 e. The Labute approximate surface area is 213 Å². The molecule has 2 unspecified atom stereocenters. The predicted molar refractivity (Wildman–Crippen MR) is 132 cm³/mol. The molecule has 1 aliphatic carbocycles. The fourth-order valence-corrected chi connectivity index (χ4v) is 5.20. The van der Waals surface area contributed by atoms with Crippen molar-refractivity contribution in [3.8, 4) is 11.5 Å². The molecule has 8 nitrogen and oxygen atoms in total. The molecule has 0 saturated carbocycles. The van der Waals surface area contributed by atoms with Crippen LogP contribution in [0.2, 0.25) is 0 Å². The summed E-state index contributed by atoms with van der Waals surface area (Å²) in [6.07, 6.45) is 2.49. The van der Waals surface area contributed by atoms with E-state index < -0.39 is 34.0 Å². The van der Waals surface area contributed by atoms with Gasteiger partial charge in [-0.2, -0.15) is 0 Å². The van der Waals surface area contributed by atoms with Gasteiger partial charge in [-0.3, -0.25) is 9.52 Å². The van der Waals surface area contributed by atoms with Crippen LogP contribution >= 0.6 is 0 Å². The minimum atomic E-state index is -4.93. The lowest BCUT2D eigenvalue weighted by atomic mass is 9.86. The second kappa shape index (κ2) is 12.3. The van der Waals surface area contributed by atoms with Gasteiger partial charge in [-0.25, -0.2) is 8.42 Å². The topological polar surface area (TPSA) is 114 Å². The molecule has 2 aromatic carbocycles. The van der Waals surface area contributed by atoms with Crippen LogP contribution in [0.4, 0.5) is 24.5 Å². The third-order valence-corrected chi connectivity index (χ3v) is 7.13. The molecule has 0 heterocycles. The summed E-state index contributed by atoms with van der Waals surface area (Å²) in [7, 11) is -4.28. The fourth-order valence-electron chi connectivity index (χ4n) is 4.02. The van der Waals surface area contributed by atoms with Gasteiger partial charge in [0, 0.05) is 17.8 Å². The Morgan fingerprint density at radius 2 is 1.95 bits per heavy atom. The molecular formula is C25H29F3N2O6S. The molecule has 0 aliphatic heterocycles. The molecular weight excluding hydrogens is 513 g/mol. The number of hydrogen-bond donors (Lipinski definition) is 3. The molecule has 2 atom stereocenters. The summed E-state index contributed by atoms with van der Waals surface area (Å²) in [6, 6.07) is 8.36. The molecule has 37 heavy (non-hydrogen) atoms. The number of carbonyl (C=O) groups excluding carboxylic acids is 1. The van der Waals surface area contributed by atoms with Crippen molar-refractivity contribution in [2.45, 2.75) is 43.9 Å². The zero-order chi connectivity index (χ0) is 27.1. The Kier molecular flexibility index (Phi) is 9.44. The van der Waals surface area contributed by atoms with Gasteiger partial charge in [-0.05, 0) is 62.8 Å². The minimum Gasteiger partial charge on any atom is -0.492 e. The van der Waals surface area contributed by atoms with Crippen LogP contribution in [0, 0.1) is 11.8 Å². The number of amides is 1. The van der Waals surface area contributed by atoms with Gasteiger partial charge in [0.2, 0.25) is 5.91 Å². The van der Waals surface area contributed by atoms with Crippen LogP contribution in [0.1, 0.15) is 32.6 Å². The number of anilines is 2. The average Bonchev–Trinajstić information content (AvgIpc) is 2.82. The highest BCUT2D eigenvalue weighted by Gasteiger charge is 2.31. The number of ether oxygens (including phenoxy) is 2. The van der Waals surface area contributed by atoms with Crippen molar-refractivity contribution in [3.05, 3.63) is 54.6 Å². The largest absolute Gasteiger partial charge is 0.573 e. The van der Waals surface area contributed by atoms with Gasteiger partial charge >= 0.3 is 6.36 Å². The second-order valence-corrected chi connectivity index (χ2v) is 10.2. The highest BCUT2D eigenvalue weighted by molar-refractivity contribution is 7.92. The van der Waals surface area contributed by atoms with E-state index in [1.807, 2.05) is 0 Å². The minimum absolute atomic E-state index is 0.0616. The molecule has 0 aromatic heterocycles. The lowest BCUT2D eigenvalue weighted by Gasteiger charge is -2.22. The van der Waals surface area contributed by atoms with Crippen LogP contribution in [-0.4, -0.2) is 39.0 Å².